The Morgan fingerprint density at radius 2 is 1.10 bits per heavy atom. The van der Waals surface area contributed by atoms with Crippen molar-refractivity contribution in [3.63, 3.8) is 0 Å². The second-order valence-electron chi connectivity index (χ2n) is 12.2. The minimum Gasteiger partial charge on any atom is -0.344 e. The molecule has 0 saturated carbocycles. The van der Waals surface area contributed by atoms with Crippen molar-refractivity contribution in [2.45, 2.75) is 6.17 Å². The monoisotopic (exact) mass is 657 g/mol. The van der Waals surface area contributed by atoms with E-state index < -0.39 is 0 Å². The number of imidazole rings is 1. The molecule has 6 aromatic carbocycles. The lowest BCUT2D eigenvalue weighted by atomic mass is 10.0. The number of aromatic nitrogens is 4. The van der Waals surface area contributed by atoms with Gasteiger partial charge in [0.25, 0.3) is 0 Å². The molecule has 0 bridgehead atoms. The lowest BCUT2D eigenvalue weighted by molar-refractivity contribution is 0.674. The number of benzene rings is 6. The van der Waals surface area contributed by atoms with Crippen molar-refractivity contribution in [1.82, 2.24) is 24.8 Å². The maximum absolute atomic E-state index is 5.37. The highest BCUT2D eigenvalue weighted by atomic mass is 15.2. The van der Waals surface area contributed by atoms with E-state index in [0.717, 1.165) is 73.1 Å². The van der Waals surface area contributed by atoms with Gasteiger partial charge >= 0.3 is 0 Å². The number of rotatable bonds is 7. The van der Waals surface area contributed by atoms with Gasteiger partial charge in [-0.2, -0.15) is 0 Å². The van der Waals surface area contributed by atoms with E-state index in [2.05, 4.69) is 129 Å². The summed E-state index contributed by atoms with van der Waals surface area (Å²) in [6, 6.07) is 55.8. The lowest BCUT2D eigenvalue weighted by Crippen LogP contribution is -2.33. The van der Waals surface area contributed by atoms with Gasteiger partial charge in [0.1, 0.15) is 17.8 Å². The van der Waals surface area contributed by atoms with Crippen LogP contribution in [0.4, 0.5) is 0 Å². The highest BCUT2D eigenvalue weighted by Gasteiger charge is 2.24. The Morgan fingerprint density at radius 1 is 0.510 bits per heavy atom. The fourth-order valence-electron chi connectivity index (χ4n) is 6.51. The van der Waals surface area contributed by atoms with Crippen LogP contribution in [0.2, 0.25) is 0 Å². The molecule has 1 aliphatic rings. The van der Waals surface area contributed by atoms with Crippen molar-refractivity contribution in [1.29, 1.82) is 0 Å². The van der Waals surface area contributed by atoms with Crippen LogP contribution >= 0.6 is 0 Å². The second-order valence-corrected chi connectivity index (χ2v) is 12.2. The molecular weight excluding hydrogens is 627 g/mol. The molecule has 1 N–H and O–H groups in total. The van der Waals surface area contributed by atoms with E-state index in [4.69, 9.17) is 15.0 Å². The standard InChI is InChI=1S/C44H31N7/c1-5-13-30(14-6-1)39-40(31-15-7-2-8-16-31)51(44(47-39)35-23-26-37-38(29-35)46-28-27-45-37)36-24-21-34(22-25-36)43-49-41(32-17-9-3-10-18-32)48-42(50-43)33-19-11-4-12-20-33/h1-29,41H,(H,48,49,50). The molecule has 0 amide bonds. The second kappa shape index (κ2) is 13.1. The molecule has 0 spiro atoms. The molecular formula is C44H31N7. The molecule has 1 unspecified atom stereocenters. The van der Waals surface area contributed by atoms with Gasteiger partial charge in [-0.1, -0.05) is 121 Å². The van der Waals surface area contributed by atoms with Gasteiger partial charge in [0.05, 0.1) is 22.4 Å². The maximum Gasteiger partial charge on any atom is 0.159 e. The first-order chi connectivity index (χ1) is 25.3. The average molecular weight is 658 g/mol. The topological polar surface area (TPSA) is 80.3 Å². The summed E-state index contributed by atoms with van der Waals surface area (Å²) in [4.78, 5) is 24.6. The van der Waals surface area contributed by atoms with Crippen molar-refractivity contribution >= 4 is 22.7 Å². The van der Waals surface area contributed by atoms with Crippen molar-refractivity contribution in [2.75, 3.05) is 0 Å². The molecule has 242 valence electrons. The summed E-state index contributed by atoms with van der Waals surface area (Å²) in [5, 5.41) is 3.55. The summed E-state index contributed by atoms with van der Waals surface area (Å²) in [5.74, 6) is 2.26. The van der Waals surface area contributed by atoms with Crippen molar-refractivity contribution < 1.29 is 0 Å². The Kier molecular flexibility index (Phi) is 7.75. The summed E-state index contributed by atoms with van der Waals surface area (Å²) >= 11 is 0. The van der Waals surface area contributed by atoms with E-state index in [0.29, 0.717) is 5.84 Å². The summed E-state index contributed by atoms with van der Waals surface area (Å²) in [6.45, 7) is 0. The Balaban J connectivity index is 1.22. The van der Waals surface area contributed by atoms with Crippen molar-refractivity contribution in [3.05, 3.63) is 193 Å². The fourth-order valence-corrected chi connectivity index (χ4v) is 6.51. The fraction of sp³-hybridized carbons (Fsp3) is 0.0227. The highest BCUT2D eigenvalue weighted by molar-refractivity contribution is 6.13. The van der Waals surface area contributed by atoms with E-state index in [-0.39, 0.29) is 6.17 Å². The van der Waals surface area contributed by atoms with Crippen LogP contribution in [-0.2, 0) is 0 Å². The molecule has 9 rings (SSSR count). The lowest BCUT2D eigenvalue weighted by Gasteiger charge is -2.23. The molecule has 8 aromatic rings. The number of hydrogen-bond acceptors (Lipinski definition) is 6. The molecule has 51 heavy (non-hydrogen) atoms. The van der Waals surface area contributed by atoms with Crippen LogP contribution in [0.5, 0.6) is 0 Å². The highest BCUT2D eigenvalue weighted by Crippen LogP contribution is 2.39. The summed E-state index contributed by atoms with van der Waals surface area (Å²) < 4.78 is 2.24. The molecule has 0 radical (unpaired) electrons. The van der Waals surface area contributed by atoms with Crippen LogP contribution in [-0.4, -0.2) is 31.2 Å². The Morgan fingerprint density at radius 3 is 1.78 bits per heavy atom. The van der Waals surface area contributed by atoms with Crippen LogP contribution in [0.1, 0.15) is 22.9 Å². The first-order valence-electron chi connectivity index (χ1n) is 16.9. The minimum absolute atomic E-state index is 0.275. The molecule has 7 heteroatoms. The number of nitrogens with zero attached hydrogens (tertiary/aromatic N) is 6. The maximum atomic E-state index is 5.37. The summed E-state index contributed by atoms with van der Waals surface area (Å²) in [5.41, 5.74) is 10.5. The molecule has 1 atom stereocenters. The van der Waals surface area contributed by atoms with Crippen molar-refractivity contribution in [3.8, 4) is 39.6 Å². The third kappa shape index (κ3) is 5.87. The van der Waals surface area contributed by atoms with Crippen LogP contribution in [0.3, 0.4) is 0 Å². The Labute approximate surface area is 295 Å². The number of nitrogens with one attached hydrogen (secondary N) is 1. The van der Waals surface area contributed by atoms with Crippen LogP contribution in [0.25, 0.3) is 50.6 Å². The number of fused-ring (bicyclic) bond motifs is 1. The SMILES string of the molecule is c1ccc(C2=NC(c3ccc(-n4c(-c5ccc6nccnc6c5)nc(-c5ccccc5)c4-c4ccccc4)cc3)=NC(c3ccccc3)N2)cc1. The number of hydrogen-bond donors (Lipinski definition) is 1. The number of amidine groups is 2. The van der Waals surface area contributed by atoms with Gasteiger partial charge < -0.3 is 5.32 Å². The molecule has 0 aliphatic carbocycles. The third-order valence-electron chi connectivity index (χ3n) is 8.99. The first-order valence-corrected chi connectivity index (χ1v) is 16.9. The molecule has 0 fully saturated rings. The third-order valence-corrected chi connectivity index (χ3v) is 8.99. The zero-order valence-electron chi connectivity index (χ0n) is 27.5. The van der Waals surface area contributed by atoms with E-state index in [9.17, 15) is 0 Å². The number of aliphatic imine (C=N–C) groups is 2. The van der Waals surface area contributed by atoms with Gasteiger partial charge in [-0.15, -0.1) is 0 Å². The largest absolute Gasteiger partial charge is 0.344 e. The molecule has 3 heterocycles. The predicted molar refractivity (Wildman–Crippen MR) is 205 cm³/mol. The first kappa shape index (κ1) is 30.1. The van der Waals surface area contributed by atoms with Gasteiger partial charge in [-0.05, 0) is 48.0 Å². The van der Waals surface area contributed by atoms with Gasteiger partial charge in [0.2, 0.25) is 0 Å². The smallest absolute Gasteiger partial charge is 0.159 e. The molecule has 7 nitrogen and oxygen atoms in total. The Bertz CT molecular complexity index is 2530. The summed E-state index contributed by atoms with van der Waals surface area (Å²) in [7, 11) is 0. The van der Waals surface area contributed by atoms with E-state index >= 15 is 0 Å². The van der Waals surface area contributed by atoms with Crippen LogP contribution in [0.15, 0.2) is 186 Å². The predicted octanol–water partition coefficient (Wildman–Crippen LogP) is 9.31. The minimum atomic E-state index is -0.275. The van der Waals surface area contributed by atoms with Gasteiger partial charge in [-0.3, -0.25) is 14.5 Å². The zero-order valence-corrected chi connectivity index (χ0v) is 27.5. The zero-order chi connectivity index (χ0) is 34.0. The van der Waals surface area contributed by atoms with E-state index in [1.165, 1.54) is 0 Å². The van der Waals surface area contributed by atoms with E-state index in [1.54, 1.807) is 12.4 Å². The van der Waals surface area contributed by atoms with Crippen molar-refractivity contribution in [2.24, 2.45) is 9.98 Å². The van der Waals surface area contributed by atoms with Gasteiger partial charge in [-0.25, -0.2) is 15.0 Å². The van der Waals surface area contributed by atoms with Gasteiger partial charge in [0, 0.05) is 45.9 Å². The van der Waals surface area contributed by atoms with Crippen LogP contribution in [0, 0.1) is 0 Å². The van der Waals surface area contributed by atoms with Crippen LogP contribution < -0.4 is 5.32 Å². The molecule has 0 saturated heterocycles. The van der Waals surface area contributed by atoms with E-state index in [1.807, 2.05) is 54.6 Å². The average Bonchev–Trinajstić information content (AvgIpc) is 3.63. The Hall–Kier alpha value is -6.99. The quantitative estimate of drug-likeness (QED) is 0.185. The van der Waals surface area contributed by atoms with Gasteiger partial charge in [0.15, 0.2) is 5.84 Å². The molecule has 2 aromatic heterocycles. The normalized spacial score (nSPS) is 14.1. The molecule has 1 aliphatic heterocycles. The summed E-state index contributed by atoms with van der Waals surface area (Å²) in [6.07, 6.45) is 3.16.